The van der Waals surface area contributed by atoms with Crippen molar-refractivity contribution >= 4 is 5.97 Å². The van der Waals surface area contributed by atoms with Crippen LogP contribution in [0.5, 0.6) is 5.75 Å². The number of aromatic nitrogens is 1. The van der Waals surface area contributed by atoms with E-state index in [4.69, 9.17) is 9.47 Å². The summed E-state index contributed by atoms with van der Waals surface area (Å²) < 4.78 is 10.5. The summed E-state index contributed by atoms with van der Waals surface area (Å²) in [5, 5.41) is 3.01. The van der Waals surface area contributed by atoms with E-state index in [0.29, 0.717) is 25.3 Å². The predicted molar refractivity (Wildman–Crippen MR) is 68.3 cm³/mol. The second-order valence-electron chi connectivity index (χ2n) is 3.78. The van der Waals surface area contributed by atoms with Crippen LogP contribution in [0.2, 0.25) is 0 Å². The first-order chi connectivity index (χ1) is 8.71. The van der Waals surface area contributed by atoms with E-state index in [-0.39, 0.29) is 5.97 Å². The summed E-state index contributed by atoms with van der Waals surface area (Å²) in [5.41, 5.74) is 0.925. The molecule has 1 unspecified atom stereocenters. The fourth-order valence-corrected chi connectivity index (χ4v) is 1.46. The summed E-state index contributed by atoms with van der Waals surface area (Å²) in [7, 11) is 1.86. The van der Waals surface area contributed by atoms with Gasteiger partial charge in [0, 0.05) is 6.54 Å². The van der Waals surface area contributed by atoms with E-state index in [9.17, 15) is 4.79 Å². The van der Waals surface area contributed by atoms with Gasteiger partial charge in [-0.25, -0.2) is 4.79 Å². The van der Waals surface area contributed by atoms with Crippen LogP contribution in [-0.2, 0) is 16.1 Å². The van der Waals surface area contributed by atoms with Gasteiger partial charge < -0.3 is 14.8 Å². The van der Waals surface area contributed by atoms with Gasteiger partial charge >= 0.3 is 5.97 Å². The topological polar surface area (TPSA) is 60.5 Å². The van der Waals surface area contributed by atoms with E-state index in [2.05, 4.69) is 10.3 Å². The maximum absolute atomic E-state index is 11.6. The molecule has 0 saturated carbocycles. The molecule has 0 radical (unpaired) electrons. The molecule has 0 saturated heterocycles. The molecular weight excluding hydrogens is 232 g/mol. The Bertz CT molecular complexity index is 365. The predicted octanol–water partition coefficient (Wildman–Crippen LogP) is 1.52. The van der Waals surface area contributed by atoms with Crippen LogP contribution in [0.25, 0.3) is 0 Å². The van der Waals surface area contributed by atoms with Gasteiger partial charge in [0.15, 0.2) is 6.10 Å². The van der Waals surface area contributed by atoms with Crippen molar-refractivity contribution in [2.45, 2.75) is 32.9 Å². The first kappa shape index (κ1) is 14.4. The van der Waals surface area contributed by atoms with Gasteiger partial charge in [0.05, 0.1) is 18.5 Å². The molecule has 0 fully saturated rings. The number of hydrogen-bond donors (Lipinski definition) is 1. The van der Waals surface area contributed by atoms with Crippen LogP contribution < -0.4 is 10.1 Å². The van der Waals surface area contributed by atoms with Gasteiger partial charge in [0.1, 0.15) is 5.75 Å². The molecule has 18 heavy (non-hydrogen) atoms. The fourth-order valence-electron chi connectivity index (χ4n) is 1.46. The number of esters is 1. The average molecular weight is 252 g/mol. The van der Waals surface area contributed by atoms with Crippen LogP contribution >= 0.6 is 0 Å². The van der Waals surface area contributed by atoms with E-state index < -0.39 is 6.10 Å². The van der Waals surface area contributed by atoms with Gasteiger partial charge in [-0.1, -0.05) is 6.92 Å². The van der Waals surface area contributed by atoms with Crippen LogP contribution in [-0.4, -0.2) is 30.7 Å². The summed E-state index contributed by atoms with van der Waals surface area (Å²) in [6, 6.07) is 3.67. The van der Waals surface area contributed by atoms with Crippen molar-refractivity contribution in [3.8, 4) is 5.75 Å². The highest BCUT2D eigenvalue weighted by Gasteiger charge is 2.19. The second-order valence-corrected chi connectivity index (χ2v) is 3.78. The summed E-state index contributed by atoms with van der Waals surface area (Å²) in [6.45, 7) is 4.72. The minimum Gasteiger partial charge on any atom is -0.477 e. The molecular formula is C13H20N2O3. The molecule has 0 aliphatic carbocycles. The Kier molecular flexibility index (Phi) is 6.14. The van der Waals surface area contributed by atoms with Gasteiger partial charge in [-0.2, -0.15) is 0 Å². The molecule has 1 atom stereocenters. The zero-order chi connectivity index (χ0) is 13.4. The van der Waals surface area contributed by atoms with Crippen molar-refractivity contribution in [3.05, 3.63) is 24.0 Å². The highest BCUT2D eigenvalue weighted by Crippen LogP contribution is 2.13. The minimum absolute atomic E-state index is 0.334. The molecule has 5 heteroatoms. The lowest BCUT2D eigenvalue weighted by Crippen LogP contribution is -2.28. The maximum Gasteiger partial charge on any atom is 0.347 e. The van der Waals surface area contributed by atoms with Crippen molar-refractivity contribution in [3.63, 3.8) is 0 Å². The molecule has 1 heterocycles. The smallest absolute Gasteiger partial charge is 0.347 e. The molecule has 5 nitrogen and oxygen atoms in total. The van der Waals surface area contributed by atoms with Gasteiger partial charge in [-0.05, 0) is 32.5 Å². The fraction of sp³-hybridized carbons (Fsp3) is 0.538. The highest BCUT2D eigenvalue weighted by molar-refractivity contribution is 5.75. The number of nitrogens with zero attached hydrogens (tertiary/aromatic N) is 1. The SMILES string of the molecule is CCOC(=O)C(CC)Oc1ccc(CNC)nc1. The third-order valence-electron chi connectivity index (χ3n) is 2.35. The largest absolute Gasteiger partial charge is 0.477 e. The zero-order valence-electron chi connectivity index (χ0n) is 11.1. The Morgan fingerprint density at radius 1 is 1.44 bits per heavy atom. The van der Waals surface area contributed by atoms with Crippen molar-refractivity contribution in [1.82, 2.24) is 10.3 Å². The number of carbonyl (C=O) groups excluding carboxylic acids is 1. The highest BCUT2D eigenvalue weighted by atomic mass is 16.6. The van der Waals surface area contributed by atoms with Crippen LogP contribution in [0.3, 0.4) is 0 Å². The molecule has 0 amide bonds. The Labute approximate surface area is 108 Å². The summed E-state index contributed by atoms with van der Waals surface area (Å²) in [4.78, 5) is 15.8. The quantitative estimate of drug-likeness (QED) is 0.746. The van der Waals surface area contributed by atoms with Gasteiger partial charge in [-0.3, -0.25) is 4.98 Å². The normalized spacial score (nSPS) is 11.9. The Morgan fingerprint density at radius 3 is 2.72 bits per heavy atom. The second kappa shape index (κ2) is 7.66. The van der Waals surface area contributed by atoms with Gasteiger partial charge in [0.25, 0.3) is 0 Å². The lowest BCUT2D eigenvalue weighted by molar-refractivity contribution is -0.151. The first-order valence-electron chi connectivity index (χ1n) is 6.14. The Balaban J connectivity index is 2.61. The Hall–Kier alpha value is -1.62. The number of pyridine rings is 1. The summed E-state index contributed by atoms with van der Waals surface area (Å²) >= 11 is 0. The molecule has 0 aliphatic heterocycles. The summed E-state index contributed by atoms with van der Waals surface area (Å²) in [5.74, 6) is 0.244. The molecule has 1 rings (SSSR count). The van der Waals surface area contributed by atoms with Crippen molar-refractivity contribution in [1.29, 1.82) is 0 Å². The first-order valence-corrected chi connectivity index (χ1v) is 6.14. The van der Waals surface area contributed by atoms with Crippen molar-refractivity contribution in [2.75, 3.05) is 13.7 Å². The van der Waals surface area contributed by atoms with Gasteiger partial charge in [0.2, 0.25) is 0 Å². The van der Waals surface area contributed by atoms with Gasteiger partial charge in [-0.15, -0.1) is 0 Å². The van der Waals surface area contributed by atoms with Crippen LogP contribution in [0.15, 0.2) is 18.3 Å². The monoisotopic (exact) mass is 252 g/mol. The Morgan fingerprint density at radius 2 is 2.22 bits per heavy atom. The number of hydrogen-bond acceptors (Lipinski definition) is 5. The van der Waals surface area contributed by atoms with E-state index in [0.717, 1.165) is 5.69 Å². The average Bonchev–Trinajstić information content (AvgIpc) is 2.38. The standard InChI is InChI=1S/C13H20N2O3/c1-4-12(13(16)17-5-2)18-11-7-6-10(8-14-3)15-9-11/h6-7,9,12,14H,4-5,8H2,1-3H3. The number of carbonyl (C=O) groups is 1. The molecule has 100 valence electrons. The minimum atomic E-state index is -0.568. The molecule has 1 aromatic rings. The van der Waals surface area contributed by atoms with Crippen molar-refractivity contribution in [2.24, 2.45) is 0 Å². The molecule has 0 aromatic carbocycles. The van der Waals surface area contributed by atoms with E-state index >= 15 is 0 Å². The third-order valence-corrected chi connectivity index (χ3v) is 2.35. The van der Waals surface area contributed by atoms with E-state index in [1.165, 1.54) is 0 Å². The molecule has 0 aliphatic rings. The van der Waals surface area contributed by atoms with Crippen LogP contribution in [0.1, 0.15) is 26.0 Å². The molecule has 0 spiro atoms. The van der Waals surface area contributed by atoms with Crippen LogP contribution in [0.4, 0.5) is 0 Å². The lowest BCUT2D eigenvalue weighted by atomic mass is 10.3. The number of rotatable bonds is 7. The number of ether oxygens (including phenoxy) is 2. The van der Waals surface area contributed by atoms with E-state index in [1.54, 1.807) is 13.1 Å². The zero-order valence-corrected chi connectivity index (χ0v) is 11.1. The van der Waals surface area contributed by atoms with Crippen LogP contribution in [0, 0.1) is 0 Å². The third kappa shape index (κ3) is 4.33. The maximum atomic E-state index is 11.6. The molecule has 1 aromatic heterocycles. The lowest BCUT2D eigenvalue weighted by Gasteiger charge is -2.15. The van der Waals surface area contributed by atoms with E-state index in [1.807, 2.05) is 26.1 Å². The number of nitrogens with one attached hydrogen (secondary N) is 1. The molecule has 1 N–H and O–H groups in total. The summed E-state index contributed by atoms with van der Waals surface area (Å²) in [6.07, 6.45) is 1.62. The molecule has 0 bridgehead atoms. The van der Waals surface area contributed by atoms with Crippen molar-refractivity contribution < 1.29 is 14.3 Å².